The molecule has 0 atom stereocenters. The second kappa shape index (κ2) is 4.99. The predicted octanol–water partition coefficient (Wildman–Crippen LogP) is 4.50. The highest BCUT2D eigenvalue weighted by molar-refractivity contribution is 9.10. The molecule has 0 fully saturated rings. The minimum absolute atomic E-state index is 0.298. The third-order valence-corrected chi connectivity index (χ3v) is 5.01. The topological polar surface area (TPSA) is 30.5 Å². The van der Waals surface area contributed by atoms with Crippen LogP contribution in [0.3, 0.4) is 0 Å². The second-order valence-electron chi connectivity index (χ2n) is 3.76. The fourth-order valence-corrected chi connectivity index (χ4v) is 3.40. The summed E-state index contributed by atoms with van der Waals surface area (Å²) in [6.45, 7) is 1.03. The van der Waals surface area contributed by atoms with Gasteiger partial charge in [0.1, 0.15) is 4.34 Å². The van der Waals surface area contributed by atoms with E-state index in [0.29, 0.717) is 6.79 Å². The quantitative estimate of drug-likeness (QED) is 0.887. The van der Waals surface area contributed by atoms with Crippen LogP contribution in [0, 0.1) is 0 Å². The SMILES string of the molecule is Clc1sc(CNc2ccc3c(c2)OCO3)cc1Br. The number of hydrogen-bond acceptors (Lipinski definition) is 4. The normalized spacial score (nSPS) is 12.8. The van der Waals surface area contributed by atoms with E-state index in [1.165, 1.54) is 4.88 Å². The molecule has 0 spiro atoms. The van der Waals surface area contributed by atoms with Gasteiger partial charge in [-0.1, -0.05) is 11.6 Å². The fourth-order valence-electron chi connectivity index (χ4n) is 1.67. The molecular formula is C12H9BrClNO2S. The molecule has 0 radical (unpaired) electrons. The Hall–Kier alpha value is -0.910. The highest BCUT2D eigenvalue weighted by Crippen LogP contribution is 2.35. The summed E-state index contributed by atoms with van der Waals surface area (Å²) in [5, 5.41) is 3.33. The van der Waals surface area contributed by atoms with Gasteiger partial charge in [-0.2, -0.15) is 0 Å². The van der Waals surface area contributed by atoms with E-state index in [1.54, 1.807) is 11.3 Å². The monoisotopic (exact) mass is 345 g/mol. The lowest BCUT2D eigenvalue weighted by atomic mass is 10.3. The minimum atomic E-state index is 0.298. The average molecular weight is 347 g/mol. The number of anilines is 1. The Bertz CT molecular complexity index is 568. The number of halogens is 2. The van der Waals surface area contributed by atoms with Crippen LogP contribution in [0.5, 0.6) is 11.5 Å². The molecule has 3 rings (SSSR count). The van der Waals surface area contributed by atoms with Crippen LogP contribution in [0.2, 0.25) is 4.34 Å². The minimum Gasteiger partial charge on any atom is -0.454 e. The molecular weight excluding hydrogens is 338 g/mol. The smallest absolute Gasteiger partial charge is 0.231 e. The zero-order chi connectivity index (χ0) is 12.5. The number of nitrogens with one attached hydrogen (secondary N) is 1. The van der Waals surface area contributed by atoms with E-state index in [0.717, 1.165) is 32.5 Å². The summed E-state index contributed by atoms with van der Waals surface area (Å²) in [5.41, 5.74) is 1.000. The molecule has 3 nitrogen and oxygen atoms in total. The van der Waals surface area contributed by atoms with Crippen LogP contribution in [0.1, 0.15) is 4.88 Å². The molecule has 0 bridgehead atoms. The van der Waals surface area contributed by atoms with Gasteiger partial charge < -0.3 is 14.8 Å². The summed E-state index contributed by atoms with van der Waals surface area (Å²) in [5.74, 6) is 1.58. The van der Waals surface area contributed by atoms with E-state index in [4.69, 9.17) is 21.1 Å². The van der Waals surface area contributed by atoms with Crippen molar-refractivity contribution >= 4 is 44.6 Å². The third kappa shape index (κ3) is 2.43. The molecule has 1 aromatic heterocycles. The number of rotatable bonds is 3. The van der Waals surface area contributed by atoms with Crippen molar-refractivity contribution in [3.8, 4) is 11.5 Å². The summed E-state index contributed by atoms with van der Waals surface area (Å²) < 4.78 is 12.3. The molecule has 0 aliphatic carbocycles. The van der Waals surface area contributed by atoms with Crippen LogP contribution < -0.4 is 14.8 Å². The largest absolute Gasteiger partial charge is 0.454 e. The van der Waals surface area contributed by atoms with Crippen LogP contribution in [-0.4, -0.2) is 6.79 Å². The summed E-state index contributed by atoms with van der Waals surface area (Å²) in [6, 6.07) is 7.83. The molecule has 18 heavy (non-hydrogen) atoms. The highest BCUT2D eigenvalue weighted by atomic mass is 79.9. The first-order valence-corrected chi connectivity index (χ1v) is 7.28. The molecule has 0 saturated carbocycles. The molecule has 2 heterocycles. The Morgan fingerprint density at radius 2 is 2.11 bits per heavy atom. The lowest BCUT2D eigenvalue weighted by molar-refractivity contribution is 0.174. The van der Waals surface area contributed by atoms with Crippen LogP contribution >= 0.6 is 38.9 Å². The lowest BCUT2D eigenvalue weighted by Gasteiger charge is -2.05. The van der Waals surface area contributed by atoms with Gasteiger partial charge in [0, 0.05) is 27.6 Å². The Kier molecular flexibility index (Phi) is 3.37. The van der Waals surface area contributed by atoms with Crippen molar-refractivity contribution < 1.29 is 9.47 Å². The standard InChI is InChI=1S/C12H9BrClNO2S/c13-9-4-8(18-12(9)14)5-15-7-1-2-10-11(3-7)17-6-16-10/h1-4,15H,5-6H2. The van der Waals surface area contributed by atoms with Gasteiger partial charge in [0.05, 0.1) is 0 Å². The molecule has 94 valence electrons. The van der Waals surface area contributed by atoms with Gasteiger partial charge in [-0.3, -0.25) is 0 Å². The van der Waals surface area contributed by atoms with E-state index in [-0.39, 0.29) is 0 Å². The van der Waals surface area contributed by atoms with Gasteiger partial charge in [0.25, 0.3) is 0 Å². The first-order chi connectivity index (χ1) is 8.72. The maximum Gasteiger partial charge on any atom is 0.231 e. The van der Waals surface area contributed by atoms with Crippen molar-refractivity contribution in [2.24, 2.45) is 0 Å². The van der Waals surface area contributed by atoms with E-state index >= 15 is 0 Å². The van der Waals surface area contributed by atoms with Gasteiger partial charge in [0.15, 0.2) is 11.5 Å². The Morgan fingerprint density at radius 3 is 2.89 bits per heavy atom. The van der Waals surface area contributed by atoms with E-state index < -0.39 is 0 Å². The third-order valence-electron chi connectivity index (χ3n) is 2.54. The van der Waals surface area contributed by atoms with E-state index in [9.17, 15) is 0 Å². The van der Waals surface area contributed by atoms with Gasteiger partial charge in [0.2, 0.25) is 6.79 Å². The zero-order valence-corrected chi connectivity index (χ0v) is 12.4. The van der Waals surface area contributed by atoms with Gasteiger partial charge in [-0.25, -0.2) is 0 Å². The number of benzene rings is 1. The Morgan fingerprint density at radius 1 is 1.28 bits per heavy atom. The molecule has 6 heteroatoms. The molecule has 1 N–H and O–H groups in total. The molecule has 1 aliphatic rings. The molecule has 0 amide bonds. The van der Waals surface area contributed by atoms with Crippen molar-refractivity contribution in [2.75, 3.05) is 12.1 Å². The first-order valence-electron chi connectivity index (χ1n) is 5.29. The summed E-state index contributed by atoms with van der Waals surface area (Å²) in [4.78, 5) is 1.17. The Labute approximate surface area is 122 Å². The number of ether oxygens (including phenoxy) is 2. The average Bonchev–Trinajstić information content (AvgIpc) is 2.94. The van der Waals surface area contributed by atoms with Crippen LogP contribution in [0.4, 0.5) is 5.69 Å². The van der Waals surface area contributed by atoms with E-state index in [1.807, 2.05) is 24.3 Å². The van der Waals surface area contributed by atoms with Crippen LogP contribution in [-0.2, 0) is 6.54 Å². The van der Waals surface area contributed by atoms with Gasteiger partial charge in [-0.05, 0) is 34.1 Å². The predicted molar refractivity (Wildman–Crippen MR) is 76.9 cm³/mol. The Balaban J connectivity index is 1.70. The summed E-state index contributed by atoms with van der Waals surface area (Å²) in [7, 11) is 0. The van der Waals surface area contributed by atoms with Crippen molar-refractivity contribution in [1.82, 2.24) is 0 Å². The first kappa shape index (κ1) is 12.1. The second-order valence-corrected chi connectivity index (χ2v) is 6.35. The lowest BCUT2D eigenvalue weighted by Crippen LogP contribution is -1.97. The molecule has 1 aromatic carbocycles. The van der Waals surface area contributed by atoms with E-state index in [2.05, 4.69) is 21.2 Å². The summed E-state index contributed by atoms with van der Waals surface area (Å²) in [6.07, 6.45) is 0. The van der Waals surface area contributed by atoms with Crippen molar-refractivity contribution in [1.29, 1.82) is 0 Å². The van der Waals surface area contributed by atoms with Crippen molar-refractivity contribution in [3.63, 3.8) is 0 Å². The van der Waals surface area contributed by atoms with Crippen LogP contribution in [0.25, 0.3) is 0 Å². The molecule has 0 saturated heterocycles. The van der Waals surface area contributed by atoms with Crippen molar-refractivity contribution in [2.45, 2.75) is 6.54 Å². The number of hydrogen-bond donors (Lipinski definition) is 1. The van der Waals surface area contributed by atoms with Crippen LogP contribution in [0.15, 0.2) is 28.7 Å². The highest BCUT2D eigenvalue weighted by Gasteiger charge is 2.13. The van der Waals surface area contributed by atoms with Gasteiger partial charge in [-0.15, -0.1) is 11.3 Å². The van der Waals surface area contributed by atoms with Crippen molar-refractivity contribution in [3.05, 3.63) is 38.0 Å². The van der Waals surface area contributed by atoms with Gasteiger partial charge >= 0.3 is 0 Å². The maximum absolute atomic E-state index is 6.00. The number of fused-ring (bicyclic) bond motifs is 1. The molecule has 2 aromatic rings. The maximum atomic E-state index is 6.00. The summed E-state index contributed by atoms with van der Waals surface area (Å²) >= 11 is 11.0. The fraction of sp³-hybridized carbons (Fsp3) is 0.167. The molecule has 1 aliphatic heterocycles. The molecule has 0 unspecified atom stereocenters. The number of thiophene rings is 1. The zero-order valence-electron chi connectivity index (χ0n) is 9.20.